The highest BCUT2D eigenvalue weighted by Gasteiger charge is 2.40. The van der Waals surface area contributed by atoms with Crippen LogP contribution in [0.4, 0.5) is 5.69 Å². The summed E-state index contributed by atoms with van der Waals surface area (Å²) in [7, 11) is 1.54. The van der Waals surface area contributed by atoms with Crippen LogP contribution < -0.4 is 10.1 Å². The number of nitrogens with one attached hydrogen (secondary N) is 1. The van der Waals surface area contributed by atoms with E-state index < -0.39 is 11.8 Å². The van der Waals surface area contributed by atoms with Gasteiger partial charge in [-0.25, -0.2) is 0 Å². The van der Waals surface area contributed by atoms with Gasteiger partial charge in [0.25, 0.3) is 11.8 Å². The van der Waals surface area contributed by atoms with Crippen molar-refractivity contribution in [2.45, 2.75) is 20.4 Å². The second-order valence-electron chi connectivity index (χ2n) is 7.74. The summed E-state index contributed by atoms with van der Waals surface area (Å²) in [5.74, 6) is -0.288. The molecule has 3 aromatic carbocycles. The van der Waals surface area contributed by atoms with Crippen molar-refractivity contribution in [3.8, 4) is 5.75 Å². The monoisotopic (exact) mass is 446 g/mol. The summed E-state index contributed by atoms with van der Waals surface area (Å²) < 4.78 is 5.49. The van der Waals surface area contributed by atoms with Crippen LogP contribution in [0, 0.1) is 13.8 Å². The molecule has 1 heterocycles. The van der Waals surface area contributed by atoms with Gasteiger partial charge in [-0.3, -0.25) is 14.5 Å². The van der Waals surface area contributed by atoms with Crippen molar-refractivity contribution in [2.75, 3.05) is 12.4 Å². The van der Waals surface area contributed by atoms with Gasteiger partial charge >= 0.3 is 0 Å². The minimum Gasteiger partial charge on any atom is -0.496 e. The first-order valence-electron chi connectivity index (χ1n) is 10.2. The predicted octanol–water partition coefficient (Wildman–Crippen LogP) is 5.36. The maximum Gasteiger partial charge on any atom is 0.278 e. The molecule has 0 bridgehead atoms. The van der Waals surface area contributed by atoms with E-state index in [1.807, 2.05) is 56.3 Å². The van der Waals surface area contributed by atoms with E-state index in [4.69, 9.17) is 16.3 Å². The number of carbonyl (C=O) groups is 2. The van der Waals surface area contributed by atoms with Gasteiger partial charge < -0.3 is 10.1 Å². The smallest absolute Gasteiger partial charge is 0.278 e. The number of ether oxygens (including phenoxy) is 1. The van der Waals surface area contributed by atoms with Gasteiger partial charge in [-0.05, 0) is 54.8 Å². The first-order valence-corrected chi connectivity index (χ1v) is 10.6. The van der Waals surface area contributed by atoms with E-state index in [1.165, 1.54) is 4.90 Å². The molecule has 0 radical (unpaired) electrons. The van der Waals surface area contributed by atoms with Crippen LogP contribution in [0.5, 0.6) is 5.75 Å². The lowest BCUT2D eigenvalue weighted by atomic mass is 10.0. The quantitative estimate of drug-likeness (QED) is 0.518. The minimum absolute atomic E-state index is 0.0774. The largest absolute Gasteiger partial charge is 0.496 e. The molecule has 5 nitrogen and oxygen atoms in total. The van der Waals surface area contributed by atoms with E-state index in [9.17, 15) is 9.59 Å². The summed E-state index contributed by atoms with van der Waals surface area (Å²) in [4.78, 5) is 28.2. The molecule has 4 rings (SSSR count). The van der Waals surface area contributed by atoms with Gasteiger partial charge in [0.1, 0.15) is 11.4 Å². The lowest BCUT2D eigenvalue weighted by Gasteiger charge is -2.16. The van der Waals surface area contributed by atoms with Crippen LogP contribution in [0.3, 0.4) is 0 Å². The maximum absolute atomic E-state index is 13.5. The molecule has 2 amide bonds. The Hall–Kier alpha value is -3.57. The number of hydrogen-bond donors (Lipinski definition) is 1. The predicted molar refractivity (Wildman–Crippen MR) is 126 cm³/mol. The zero-order valence-corrected chi connectivity index (χ0v) is 18.9. The summed E-state index contributed by atoms with van der Waals surface area (Å²) in [6.07, 6.45) is 0. The number of imide groups is 1. The summed E-state index contributed by atoms with van der Waals surface area (Å²) in [5.41, 5.74) is 4.60. The Bertz CT molecular complexity index is 1230. The van der Waals surface area contributed by atoms with Crippen molar-refractivity contribution in [1.82, 2.24) is 4.90 Å². The topological polar surface area (TPSA) is 58.6 Å². The molecule has 32 heavy (non-hydrogen) atoms. The molecular formula is C26H23ClN2O3. The average molecular weight is 447 g/mol. The highest BCUT2D eigenvalue weighted by molar-refractivity contribution is 6.37. The third-order valence-corrected chi connectivity index (χ3v) is 5.69. The molecule has 1 aliphatic rings. The van der Waals surface area contributed by atoms with Gasteiger partial charge in [0.2, 0.25) is 0 Å². The van der Waals surface area contributed by atoms with E-state index in [2.05, 4.69) is 5.32 Å². The number of amides is 2. The summed E-state index contributed by atoms with van der Waals surface area (Å²) in [6.45, 7) is 4.05. The third kappa shape index (κ3) is 4.12. The van der Waals surface area contributed by atoms with Crippen LogP contribution in [0.25, 0.3) is 5.57 Å². The SMILES string of the molecule is COc1ccccc1C1=C(Nc2cc(C)cc(C)c2)C(=O)N(Cc2ccccc2Cl)C1=O. The Morgan fingerprint density at radius 3 is 2.25 bits per heavy atom. The van der Waals surface area contributed by atoms with Gasteiger partial charge in [-0.1, -0.05) is 54.1 Å². The minimum atomic E-state index is -0.407. The van der Waals surface area contributed by atoms with Crippen molar-refractivity contribution in [1.29, 1.82) is 0 Å². The maximum atomic E-state index is 13.5. The average Bonchev–Trinajstić information content (AvgIpc) is 2.98. The molecule has 0 spiro atoms. The number of para-hydroxylation sites is 1. The standard InChI is InChI=1S/C26H23ClN2O3/c1-16-12-17(2)14-19(13-16)28-24-23(20-9-5-7-11-22(20)32-3)25(30)29(26(24)31)15-18-8-4-6-10-21(18)27/h4-14,28H,15H2,1-3H3. The van der Waals surface area contributed by atoms with E-state index >= 15 is 0 Å². The molecule has 0 aromatic heterocycles. The number of methoxy groups -OCH3 is 1. The number of aryl methyl sites for hydroxylation is 2. The highest BCUT2D eigenvalue weighted by Crippen LogP contribution is 2.36. The highest BCUT2D eigenvalue weighted by atomic mass is 35.5. The molecule has 162 valence electrons. The van der Waals surface area contributed by atoms with E-state index in [-0.39, 0.29) is 17.8 Å². The van der Waals surface area contributed by atoms with Crippen molar-refractivity contribution in [3.05, 3.63) is 99.7 Å². The van der Waals surface area contributed by atoms with Gasteiger partial charge in [0.05, 0.1) is 19.2 Å². The Kier molecular flexibility index (Phi) is 6.01. The Balaban J connectivity index is 1.81. The normalized spacial score (nSPS) is 13.7. The number of anilines is 1. The molecule has 0 atom stereocenters. The van der Waals surface area contributed by atoms with Crippen LogP contribution in [0.2, 0.25) is 5.02 Å². The summed E-state index contributed by atoms with van der Waals surface area (Å²) in [5, 5.41) is 3.71. The molecule has 0 saturated heterocycles. The lowest BCUT2D eigenvalue weighted by molar-refractivity contribution is -0.137. The zero-order chi connectivity index (χ0) is 22.8. The van der Waals surface area contributed by atoms with E-state index in [0.717, 1.165) is 16.8 Å². The fourth-order valence-electron chi connectivity index (χ4n) is 3.92. The van der Waals surface area contributed by atoms with Gasteiger partial charge in [0.15, 0.2) is 0 Å². The van der Waals surface area contributed by atoms with Crippen molar-refractivity contribution in [2.24, 2.45) is 0 Å². The number of carbonyl (C=O) groups excluding carboxylic acids is 2. The van der Waals surface area contributed by atoms with Crippen LogP contribution in [0.15, 0.2) is 72.4 Å². The molecule has 0 aliphatic carbocycles. The Morgan fingerprint density at radius 1 is 0.906 bits per heavy atom. The number of nitrogens with zero attached hydrogens (tertiary/aromatic N) is 1. The number of benzene rings is 3. The molecule has 0 saturated carbocycles. The third-order valence-electron chi connectivity index (χ3n) is 5.32. The molecule has 1 aliphatic heterocycles. The molecule has 0 fully saturated rings. The number of rotatable bonds is 6. The molecule has 1 N–H and O–H groups in total. The first-order chi connectivity index (χ1) is 15.4. The summed E-state index contributed by atoms with van der Waals surface area (Å²) >= 11 is 6.30. The van der Waals surface area contributed by atoms with Crippen molar-refractivity contribution < 1.29 is 14.3 Å². The van der Waals surface area contributed by atoms with Gasteiger partial charge in [0, 0.05) is 16.3 Å². The molecule has 3 aromatic rings. The molecule has 0 unspecified atom stereocenters. The fourth-order valence-corrected chi connectivity index (χ4v) is 4.12. The van der Waals surface area contributed by atoms with Crippen molar-refractivity contribution >= 4 is 34.7 Å². The molecular weight excluding hydrogens is 424 g/mol. The van der Waals surface area contributed by atoms with Crippen LogP contribution in [0.1, 0.15) is 22.3 Å². The Labute approximate surface area is 192 Å². The van der Waals surface area contributed by atoms with Crippen LogP contribution in [-0.4, -0.2) is 23.8 Å². The number of hydrogen-bond acceptors (Lipinski definition) is 4. The van der Waals surface area contributed by atoms with Crippen LogP contribution in [-0.2, 0) is 16.1 Å². The summed E-state index contributed by atoms with van der Waals surface area (Å²) in [6, 6.07) is 20.3. The second-order valence-corrected chi connectivity index (χ2v) is 8.15. The van der Waals surface area contributed by atoms with E-state index in [1.54, 1.807) is 31.4 Å². The Morgan fingerprint density at radius 2 is 1.56 bits per heavy atom. The zero-order valence-electron chi connectivity index (χ0n) is 18.1. The first kappa shape index (κ1) is 21.7. The fraction of sp³-hybridized carbons (Fsp3) is 0.154. The van der Waals surface area contributed by atoms with Crippen LogP contribution >= 0.6 is 11.6 Å². The van der Waals surface area contributed by atoms with Gasteiger partial charge in [-0.2, -0.15) is 0 Å². The second kappa shape index (κ2) is 8.89. The molecule has 6 heteroatoms. The van der Waals surface area contributed by atoms with E-state index in [0.29, 0.717) is 21.9 Å². The number of halogens is 1. The van der Waals surface area contributed by atoms with Gasteiger partial charge in [-0.15, -0.1) is 0 Å². The lowest BCUT2D eigenvalue weighted by Crippen LogP contribution is -2.32. The van der Waals surface area contributed by atoms with Crippen molar-refractivity contribution in [3.63, 3.8) is 0 Å².